The molecule has 3 heterocycles. The Morgan fingerprint density at radius 2 is 2.15 bits per heavy atom. The van der Waals surface area contributed by atoms with Gasteiger partial charge in [-0.1, -0.05) is 17.3 Å². The lowest BCUT2D eigenvalue weighted by Crippen LogP contribution is -2.30. The second-order valence-electron chi connectivity index (χ2n) is 6.08. The average molecular weight is 385 g/mol. The molecule has 4 rings (SSSR count). The average Bonchev–Trinajstić information content (AvgIpc) is 3.44. The van der Waals surface area contributed by atoms with Crippen LogP contribution in [0.15, 0.2) is 40.2 Å². The standard InChI is InChI=1S/C19H19N3O4S/c1-2-22(11-17-20-19(21-26-17)16-4-3-9-27-16)18(23)8-6-13-5-7-14-15(10-13)25-12-24-14/h3-5,7,9-10H,2,6,8,11-12H2,1H3. The molecule has 2 aromatic heterocycles. The highest BCUT2D eigenvalue weighted by atomic mass is 32.1. The van der Waals surface area contributed by atoms with Gasteiger partial charge < -0.3 is 18.9 Å². The van der Waals surface area contributed by atoms with Crippen molar-refractivity contribution in [1.82, 2.24) is 15.0 Å². The van der Waals surface area contributed by atoms with E-state index in [1.165, 1.54) is 0 Å². The molecule has 0 spiro atoms. The molecule has 8 heteroatoms. The molecule has 1 amide bonds. The van der Waals surface area contributed by atoms with Gasteiger partial charge in [-0.15, -0.1) is 11.3 Å². The van der Waals surface area contributed by atoms with E-state index in [1.54, 1.807) is 16.2 Å². The number of thiophene rings is 1. The highest BCUT2D eigenvalue weighted by Crippen LogP contribution is 2.32. The Morgan fingerprint density at radius 3 is 2.96 bits per heavy atom. The van der Waals surface area contributed by atoms with Gasteiger partial charge in [0.15, 0.2) is 11.5 Å². The van der Waals surface area contributed by atoms with Crippen molar-refractivity contribution in [3.8, 4) is 22.2 Å². The Bertz CT molecular complexity index is 923. The zero-order valence-corrected chi connectivity index (χ0v) is 15.7. The van der Waals surface area contributed by atoms with Gasteiger partial charge in [0.1, 0.15) is 0 Å². The lowest BCUT2D eigenvalue weighted by atomic mass is 10.1. The van der Waals surface area contributed by atoms with Crippen LogP contribution in [0.2, 0.25) is 0 Å². The Balaban J connectivity index is 1.35. The first-order valence-corrected chi connectivity index (χ1v) is 9.63. The molecule has 0 aliphatic carbocycles. The third kappa shape index (κ3) is 3.95. The number of ether oxygens (including phenoxy) is 2. The molecule has 0 radical (unpaired) electrons. The van der Waals surface area contributed by atoms with Crippen LogP contribution in [0.5, 0.6) is 11.5 Å². The van der Waals surface area contributed by atoms with E-state index in [2.05, 4.69) is 10.1 Å². The summed E-state index contributed by atoms with van der Waals surface area (Å²) in [6, 6.07) is 9.64. The van der Waals surface area contributed by atoms with Gasteiger partial charge in [-0.2, -0.15) is 4.98 Å². The van der Waals surface area contributed by atoms with Crippen molar-refractivity contribution in [3.05, 3.63) is 47.2 Å². The van der Waals surface area contributed by atoms with E-state index in [1.807, 2.05) is 42.6 Å². The molecule has 27 heavy (non-hydrogen) atoms. The van der Waals surface area contributed by atoms with Crippen molar-refractivity contribution < 1.29 is 18.8 Å². The van der Waals surface area contributed by atoms with Crippen LogP contribution in [0.25, 0.3) is 10.7 Å². The van der Waals surface area contributed by atoms with E-state index in [0.717, 1.165) is 21.9 Å². The number of carbonyl (C=O) groups excluding carboxylic acids is 1. The summed E-state index contributed by atoms with van der Waals surface area (Å²) in [5.41, 5.74) is 1.04. The molecule has 1 aliphatic rings. The van der Waals surface area contributed by atoms with Gasteiger partial charge in [-0.3, -0.25) is 4.79 Å². The molecule has 140 valence electrons. The van der Waals surface area contributed by atoms with E-state index >= 15 is 0 Å². The number of aromatic nitrogens is 2. The summed E-state index contributed by atoms with van der Waals surface area (Å²) in [5.74, 6) is 2.53. The van der Waals surface area contributed by atoms with Crippen LogP contribution in [0.1, 0.15) is 24.8 Å². The molecule has 0 saturated carbocycles. The van der Waals surface area contributed by atoms with E-state index in [-0.39, 0.29) is 12.7 Å². The van der Waals surface area contributed by atoms with Crippen LogP contribution in [-0.4, -0.2) is 34.3 Å². The van der Waals surface area contributed by atoms with Crippen LogP contribution in [0.3, 0.4) is 0 Å². The minimum atomic E-state index is 0.0473. The molecule has 1 aromatic carbocycles. The van der Waals surface area contributed by atoms with E-state index < -0.39 is 0 Å². The lowest BCUT2D eigenvalue weighted by Gasteiger charge is -2.18. The summed E-state index contributed by atoms with van der Waals surface area (Å²) in [4.78, 5) is 19.7. The van der Waals surface area contributed by atoms with Gasteiger partial charge in [0.25, 0.3) is 0 Å². The number of carbonyl (C=O) groups is 1. The monoisotopic (exact) mass is 385 g/mol. The predicted molar refractivity (Wildman–Crippen MR) is 99.6 cm³/mol. The summed E-state index contributed by atoms with van der Waals surface area (Å²) in [7, 11) is 0. The largest absolute Gasteiger partial charge is 0.454 e. The summed E-state index contributed by atoms with van der Waals surface area (Å²) in [5, 5.41) is 5.95. The minimum Gasteiger partial charge on any atom is -0.454 e. The van der Waals surface area contributed by atoms with Crippen molar-refractivity contribution in [1.29, 1.82) is 0 Å². The Labute approximate surface area is 160 Å². The highest BCUT2D eigenvalue weighted by molar-refractivity contribution is 7.13. The molecular formula is C19H19N3O4S. The first kappa shape index (κ1) is 17.5. The molecule has 7 nitrogen and oxygen atoms in total. The smallest absolute Gasteiger partial charge is 0.246 e. The third-order valence-corrected chi connectivity index (χ3v) is 5.20. The van der Waals surface area contributed by atoms with Crippen LogP contribution in [-0.2, 0) is 17.8 Å². The predicted octanol–water partition coefficient (Wildman–Crippen LogP) is 3.51. The maximum atomic E-state index is 12.6. The van der Waals surface area contributed by atoms with Crippen LogP contribution in [0, 0.1) is 0 Å². The van der Waals surface area contributed by atoms with Crippen molar-refractivity contribution in [2.24, 2.45) is 0 Å². The number of amides is 1. The zero-order valence-electron chi connectivity index (χ0n) is 14.9. The number of rotatable bonds is 7. The number of hydrogen-bond acceptors (Lipinski definition) is 7. The Kier molecular flexibility index (Phi) is 5.06. The number of aryl methyl sites for hydroxylation is 1. The molecule has 0 saturated heterocycles. The van der Waals surface area contributed by atoms with Gasteiger partial charge in [0.2, 0.25) is 24.4 Å². The summed E-state index contributed by atoms with van der Waals surface area (Å²) in [6.45, 7) is 3.08. The molecule has 0 atom stereocenters. The van der Waals surface area contributed by atoms with Crippen molar-refractivity contribution in [2.75, 3.05) is 13.3 Å². The van der Waals surface area contributed by atoms with Crippen molar-refractivity contribution in [3.63, 3.8) is 0 Å². The molecule has 0 bridgehead atoms. The first-order chi connectivity index (χ1) is 13.2. The number of fused-ring (bicyclic) bond motifs is 1. The number of hydrogen-bond donors (Lipinski definition) is 0. The fourth-order valence-corrected chi connectivity index (χ4v) is 3.52. The normalized spacial score (nSPS) is 12.3. The number of nitrogens with zero attached hydrogens (tertiary/aromatic N) is 3. The SMILES string of the molecule is CCN(Cc1nc(-c2cccs2)no1)C(=O)CCc1ccc2c(c1)OCO2. The van der Waals surface area contributed by atoms with Crippen LogP contribution in [0.4, 0.5) is 0 Å². The van der Waals surface area contributed by atoms with Crippen LogP contribution < -0.4 is 9.47 Å². The Hall–Kier alpha value is -2.87. The quantitative estimate of drug-likeness (QED) is 0.619. The minimum absolute atomic E-state index is 0.0473. The van der Waals surface area contributed by atoms with E-state index in [0.29, 0.717) is 37.6 Å². The fraction of sp³-hybridized carbons (Fsp3) is 0.316. The van der Waals surface area contributed by atoms with Crippen LogP contribution >= 0.6 is 11.3 Å². The summed E-state index contributed by atoms with van der Waals surface area (Å²) in [6.07, 6.45) is 1.04. The second-order valence-corrected chi connectivity index (χ2v) is 7.03. The molecule has 0 N–H and O–H groups in total. The summed E-state index contributed by atoms with van der Waals surface area (Å²) >= 11 is 1.55. The van der Waals surface area contributed by atoms with Crippen molar-refractivity contribution >= 4 is 17.2 Å². The fourth-order valence-electron chi connectivity index (χ4n) is 2.87. The second kappa shape index (κ2) is 7.79. The molecule has 0 fully saturated rings. The van der Waals surface area contributed by atoms with Gasteiger partial charge in [-0.25, -0.2) is 0 Å². The first-order valence-electron chi connectivity index (χ1n) is 8.75. The lowest BCUT2D eigenvalue weighted by molar-refractivity contribution is -0.131. The maximum Gasteiger partial charge on any atom is 0.246 e. The van der Waals surface area contributed by atoms with Gasteiger partial charge in [0.05, 0.1) is 11.4 Å². The third-order valence-electron chi connectivity index (χ3n) is 4.33. The highest BCUT2D eigenvalue weighted by Gasteiger charge is 2.18. The summed E-state index contributed by atoms with van der Waals surface area (Å²) < 4.78 is 16.0. The Morgan fingerprint density at radius 1 is 1.26 bits per heavy atom. The molecule has 3 aromatic rings. The van der Waals surface area contributed by atoms with Crippen molar-refractivity contribution in [2.45, 2.75) is 26.3 Å². The molecule has 1 aliphatic heterocycles. The molecule has 0 unspecified atom stereocenters. The van der Waals surface area contributed by atoms with Gasteiger partial charge in [-0.05, 0) is 42.5 Å². The molecular weight excluding hydrogens is 366 g/mol. The van der Waals surface area contributed by atoms with Gasteiger partial charge in [0, 0.05) is 13.0 Å². The van der Waals surface area contributed by atoms with E-state index in [4.69, 9.17) is 14.0 Å². The maximum absolute atomic E-state index is 12.6. The number of benzene rings is 1. The van der Waals surface area contributed by atoms with Gasteiger partial charge >= 0.3 is 0 Å². The topological polar surface area (TPSA) is 77.7 Å². The zero-order chi connectivity index (χ0) is 18.6. The van der Waals surface area contributed by atoms with E-state index in [9.17, 15) is 4.79 Å².